The number of fused-ring (bicyclic) bond motifs is 1. The maximum atomic E-state index is 11.8. The van der Waals surface area contributed by atoms with Crippen LogP contribution in [0.15, 0.2) is 12.3 Å². The zero-order chi connectivity index (χ0) is 16.9. The molecular formula is C17H24ClN3O2. The summed E-state index contributed by atoms with van der Waals surface area (Å²) in [6, 6.07) is 2.18. The number of hydrogen-bond acceptors (Lipinski definition) is 3. The molecule has 1 aromatic heterocycles. The van der Waals surface area contributed by atoms with Gasteiger partial charge in [0.2, 0.25) is 0 Å². The Morgan fingerprint density at radius 2 is 2.09 bits per heavy atom. The third kappa shape index (κ3) is 2.87. The number of pyridine rings is 1. The van der Waals surface area contributed by atoms with Crippen molar-refractivity contribution in [1.82, 2.24) is 9.88 Å². The number of amides is 1. The molecule has 0 spiro atoms. The summed E-state index contributed by atoms with van der Waals surface area (Å²) in [4.78, 5) is 20.0. The minimum absolute atomic E-state index is 0.0357. The van der Waals surface area contributed by atoms with Crippen molar-refractivity contribution in [3.05, 3.63) is 23.0 Å². The zero-order valence-electron chi connectivity index (χ0n) is 14.1. The van der Waals surface area contributed by atoms with Gasteiger partial charge >= 0.3 is 6.09 Å². The fourth-order valence-electron chi connectivity index (χ4n) is 4.01. The van der Waals surface area contributed by atoms with Gasteiger partial charge in [0, 0.05) is 25.0 Å². The van der Waals surface area contributed by atoms with Crippen LogP contribution in [0.1, 0.15) is 32.8 Å². The van der Waals surface area contributed by atoms with E-state index in [0.717, 1.165) is 30.8 Å². The van der Waals surface area contributed by atoms with E-state index in [1.807, 2.05) is 13.0 Å². The second kappa shape index (κ2) is 5.55. The van der Waals surface area contributed by atoms with E-state index in [2.05, 4.69) is 30.7 Å². The topological polar surface area (TPSA) is 56.7 Å². The summed E-state index contributed by atoms with van der Waals surface area (Å²) in [6.07, 6.45) is 1.91. The molecule has 3 heterocycles. The Bertz CT molecular complexity index is 629. The fraction of sp³-hybridized carbons (Fsp3) is 0.647. The van der Waals surface area contributed by atoms with Crippen LogP contribution in [0.5, 0.6) is 0 Å². The molecule has 23 heavy (non-hydrogen) atoms. The number of hydrogen-bond donors (Lipinski definition) is 1. The Kier molecular flexibility index (Phi) is 3.95. The normalized spacial score (nSPS) is 27.4. The molecule has 5 nitrogen and oxygen atoms in total. The van der Waals surface area contributed by atoms with Gasteiger partial charge in [-0.1, -0.05) is 32.4 Å². The van der Waals surface area contributed by atoms with Crippen LogP contribution in [0, 0.1) is 18.3 Å². The highest BCUT2D eigenvalue weighted by atomic mass is 35.5. The standard InChI is InChI=1S/C17H24ClN3O2/c1-10-5-12(7-19-15(10)18)20-8-11-6-14(17(2,3)4)21(16(22)23)13(11)9-20/h5,7,11,13-14H,6,8-9H2,1-4H3,(H,22,23)/t11-,13+,14?/m1/s1. The molecular weight excluding hydrogens is 314 g/mol. The number of carbonyl (C=O) groups is 1. The fourth-order valence-corrected chi connectivity index (χ4v) is 4.11. The summed E-state index contributed by atoms with van der Waals surface area (Å²) < 4.78 is 0. The Morgan fingerprint density at radius 1 is 1.39 bits per heavy atom. The Morgan fingerprint density at radius 3 is 2.65 bits per heavy atom. The van der Waals surface area contributed by atoms with Gasteiger partial charge in [0.1, 0.15) is 5.15 Å². The van der Waals surface area contributed by atoms with Crippen LogP contribution in [0.2, 0.25) is 5.15 Å². The van der Waals surface area contributed by atoms with E-state index in [0.29, 0.717) is 11.1 Å². The molecule has 2 aliphatic heterocycles. The smallest absolute Gasteiger partial charge is 0.407 e. The van der Waals surface area contributed by atoms with Gasteiger partial charge in [-0.15, -0.1) is 0 Å². The third-order valence-electron chi connectivity index (χ3n) is 5.21. The highest BCUT2D eigenvalue weighted by Crippen LogP contribution is 2.43. The summed E-state index contributed by atoms with van der Waals surface area (Å²) >= 11 is 6.00. The quantitative estimate of drug-likeness (QED) is 0.795. The number of nitrogens with zero attached hydrogens (tertiary/aromatic N) is 3. The molecule has 1 aromatic rings. The van der Waals surface area contributed by atoms with Gasteiger partial charge in [0.15, 0.2) is 0 Å². The first-order valence-electron chi connectivity index (χ1n) is 8.07. The van der Waals surface area contributed by atoms with E-state index >= 15 is 0 Å². The number of halogens is 1. The first-order chi connectivity index (χ1) is 10.7. The molecule has 6 heteroatoms. The number of likely N-dealkylation sites (tertiary alicyclic amines) is 1. The van der Waals surface area contributed by atoms with Crippen LogP contribution in [0.4, 0.5) is 10.5 Å². The van der Waals surface area contributed by atoms with E-state index in [1.165, 1.54) is 0 Å². The minimum Gasteiger partial charge on any atom is -0.465 e. The predicted octanol–water partition coefficient (Wildman–Crippen LogP) is 3.65. The SMILES string of the molecule is Cc1cc(N2C[C@H]3CC(C(C)(C)C)N(C(=O)O)[C@H]3C2)cnc1Cl. The molecule has 3 atom stereocenters. The maximum absolute atomic E-state index is 11.8. The molecule has 1 N–H and O–H groups in total. The largest absolute Gasteiger partial charge is 0.465 e. The molecule has 3 rings (SSSR count). The van der Waals surface area contributed by atoms with Crippen molar-refractivity contribution in [2.45, 2.75) is 46.2 Å². The highest BCUT2D eigenvalue weighted by Gasteiger charge is 2.51. The Hall–Kier alpha value is -1.49. The average molecular weight is 338 g/mol. The van der Waals surface area contributed by atoms with Gasteiger partial charge in [0.05, 0.1) is 17.9 Å². The number of rotatable bonds is 1. The predicted molar refractivity (Wildman–Crippen MR) is 91.2 cm³/mol. The van der Waals surface area contributed by atoms with E-state index in [1.54, 1.807) is 11.1 Å². The van der Waals surface area contributed by atoms with Crippen LogP contribution in [-0.2, 0) is 0 Å². The molecule has 2 saturated heterocycles. The van der Waals surface area contributed by atoms with Crippen LogP contribution in [0.3, 0.4) is 0 Å². The Labute approximate surface area is 142 Å². The maximum Gasteiger partial charge on any atom is 0.407 e. The van der Waals surface area contributed by atoms with Gasteiger partial charge in [-0.3, -0.25) is 4.90 Å². The van der Waals surface area contributed by atoms with Crippen molar-refractivity contribution in [3.63, 3.8) is 0 Å². The molecule has 1 unspecified atom stereocenters. The third-order valence-corrected chi connectivity index (χ3v) is 5.61. The monoisotopic (exact) mass is 337 g/mol. The van der Waals surface area contributed by atoms with Crippen LogP contribution >= 0.6 is 11.6 Å². The second-order valence-electron chi connectivity index (χ2n) is 7.84. The summed E-state index contributed by atoms with van der Waals surface area (Å²) in [5, 5.41) is 10.2. The molecule has 0 aromatic carbocycles. The molecule has 2 fully saturated rings. The van der Waals surface area contributed by atoms with Gasteiger partial charge in [-0.05, 0) is 30.4 Å². The van der Waals surface area contributed by atoms with Crippen molar-refractivity contribution >= 4 is 23.4 Å². The van der Waals surface area contributed by atoms with Gasteiger partial charge in [-0.2, -0.15) is 0 Å². The van der Waals surface area contributed by atoms with Gasteiger partial charge in [-0.25, -0.2) is 9.78 Å². The van der Waals surface area contributed by atoms with Crippen molar-refractivity contribution in [1.29, 1.82) is 0 Å². The first-order valence-corrected chi connectivity index (χ1v) is 8.44. The lowest BCUT2D eigenvalue weighted by atomic mass is 9.84. The number of carboxylic acid groups (broad SMARTS) is 1. The molecule has 0 aliphatic carbocycles. The highest BCUT2D eigenvalue weighted by molar-refractivity contribution is 6.30. The van der Waals surface area contributed by atoms with E-state index in [-0.39, 0.29) is 17.5 Å². The Balaban J connectivity index is 1.82. The average Bonchev–Trinajstić information content (AvgIpc) is 2.97. The van der Waals surface area contributed by atoms with E-state index < -0.39 is 6.09 Å². The molecule has 0 saturated carbocycles. The second-order valence-corrected chi connectivity index (χ2v) is 8.20. The summed E-state index contributed by atoms with van der Waals surface area (Å²) in [5.41, 5.74) is 1.94. The molecule has 1 amide bonds. The summed E-state index contributed by atoms with van der Waals surface area (Å²) in [6.45, 7) is 9.92. The summed E-state index contributed by atoms with van der Waals surface area (Å²) in [5.74, 6) is 0.381. The molecule has 0 bridgehead atoms. The lowest BCUT2D eigenvalue weighted by Gasteiger charge is -2.36. The first kappa shape index (κ1) is 16.4. The molecule has 126 valence electrons. The molecule has 2 aliphatic rings. The van der Waals surface area contributed by atoms with E-state index in [4.69, 9.17) is 11.6 Å². The van der Waals surface area contributed by atoms with Gasteiger partial charge < -0.3 is 10.0 Å². The van der Waals surface area contributed by atoms with Crippen LogP contribution in [0.25, 0.3) is 0 Å². The lowest BCUT2D eigenvalue weighted by Crippen LogP contribution is -2.48. The van der Waals surface area contributed by atoms with Crippen LogP contribution < -0.4 is 4.90 Å². The van der Waals surface area contributed by atoms with E-state index in [9.17, 15) is 9.90 Å². The van der Waals surface area contributed by atoms with Crippen LogP contribution in [-0.4, -0.2) is 46.3 Å². The summed E-state index contributed by atoms with van der Waals surface area (Å²) in [7, 11) is 0. The number of aryl methyl sites for hydroxylation is 1. The van der Waals surface area contributed by atoms with Gasteiger partial charge in [0.25, 0.3) is 0 Å². The van der Waals surface area contributed by atoms with Crippen molar-refractivity contribution in [2.24, 2.45) is 11.3 Å². The lowest BCUT2D eigenvalue weighted by molar-refractivity contribution is 0.0889. The zero-order valence-corrected chi connectivity index (χ0v) is 14.8. The number of aromatic nitrogens is 1. The van der Waals surface area contributed by atoms with Crippen molar-refractivity contribution < 1.29 is 9.90 Å². The molecule has 0 radical (unpaired) electrons. The van der Waals surface area contributed by atoms with Crippen molar-refractivity contribution in [3.8, 4) is 0 Å². The van der Waals surface area contributed by atoms with Crippen molar-refractivity contribution in [2.75, 3.05) is 18.0 Å². The minimum atomic E-state index is -0.801. The number of anilines is 1.